The third-order valence-corrected chi connectivity index (χ3v) is 3.50. The van der Waals surface area contributed by atoms with Gasteiger partial charge in [-0.15, -0.1) is 0 Å². The number of unbranched alkanes of at least 4 members (excludes halogenated alkanes) is 1. The molecule has 1 aliphatic carbocycles. The first-order chi connectivity index (χ1) is 8.09. The van der Waals surface area contributed by atoms with Crippen molar-refractivity contribution in [2.75, 3.05) is 0 Å². The highest BCUT2D eigenvalue weighted by Gasteiger charge is 2.22. The molecule has 1 amide bonds. The number of amides is 1. The van der Waals surface area contributed by atoms with Gasteiger partial charge in [-0.05, 0) is 31.6 Å². The summed E-state index contributed by atoms with van der Waals surface area (Å²) in [4.78, 5) is 21.9. The fourth-order valence-electron chi connectivity index (χ4n) is 2.37. The summed E-state index contributed by atoms with van der Waals surface area (Å²) < 4.78 is 0. The summed E-state index contributed by atoms with van der Waals surface area (Å²) in [6.45, 7) is 2.19. The van der Waals surface area contributed by atoms with Crippen LogP contribution in [0.1, 0.15) is 58.3 Å². The molecule has 17 heavy (non-hydrogen) atoms. The zero-order valence-corrected chi connectivity index (χ0v) is 10.6. The Labute approximate surface area is 103 Å². The zero-order chi connectivity index (χ0) is 12.7. The lowest BCUT2D eigenvalue weighted by molar-refractivity contribution is -0.137. The van der Waals surface area contributed by atoms with E-state index in [0.717, 1.165) is 6.42 Å². The van der Waals surface area contributed by atoms with Gasteiger partial charge in [0, 0.05) is 18.9 Å². The van der Waals surface area contributed by atoms with E-state index in [0.29, 0.717) is 31.2 Å². The lowest BCUT2D eigenvalue weighted by Gasteiger charge is -2.29. The largest absolute Gasteiger partial charge is 0.481 e. The van der Waals surface area contributed by atoms with Crippen molar-refractivity contribution in [1.29, 1.82) is 0 Å². The Kier molecular flexibility index (Phi) is 6.01. The predicted octanol–water partition coefficient (Wildman–Crippen LogP) is 2.33. The van der Waals surface area contributed by atoms with Crippen molar-refractivity contribution in [3.8, 4) is 0 Å². The van der Waals surface area contributed by atoms with Crippen LogP contribution in [0.2, 0.25) is 0 Å². The maximum absolute atomic E-state index is 11.6. The third kappa shape index (κ3) is 5.71. The van der Waals surface area contributed by atoms with Crippen LogP contribution in [0, 0.1) is 5.92 Å². The molecule has 0 bridgehead atoms. The van der Waals surface area contributed by atoms with E-state index in [4.69, 9.17) is 5.11 Å². The molecule has 0 aromatic carbocycles. The van der Waals surface area contributed by atoms with Crippen LogP contribution in [-0.2, 0) is 9.59 Å². The number of hydrogen-bond acceptors (Lipinski definition) is 2. The molecule has 0 aromatic heterocycles. The molecular weight excluding hydrogens is 218 g/mol. The van der Waals surface area contributed by atoms with E-state index in [9.17, 15) is 9.59 Å². The highest BCUT2D eigenvalue weighted by molar-refractivity contribution is 5.76. The highest BCUT2D eigenvalue weighted by atomic mass is 16.4. The number of carboxylic acids is 1. The van der Waals surface area contributed by atoms with Gasteiger partial charge in [0.1, 0.15) is 0 Å². The molecule has 4 nitrogen and oxygen atoms in total. The lowest BCUT2D eigenvalue weighted by Crippen LogP contribution is -2.40. The Bertz CT molecular complexity index is 265. The maximum Gasteiger partial charge on any atom is 0.303 e. The average molecular weight is 241 g/mol. The molecule has 0 spiro atoms. The fraction of sp³-hybridized carbons (Fsp3) is 0.846. The number of rotatable bonds is 6. The van der Waals surface area contributed by atoms with E-state index in [1.165, 1.54) is 19.3 Å². The van der Waals surface area contributed by atoms with Crippen LogP contribution in [0.3, 0.4) is 0 Å². The Balaban J connectivity index is 2.13. The van der Waals surface area contributed by atoms with Crippen LogP contribution in [-0.4, -0.2) is 23.0 Å². The minimum absolute atomic E-state index is 0.0779. The van der Waals surface area contributed by atoms with Crippen molar-refractivity contribution in [3.63, 3.8) is 0 Å². The van der Waals surface area contributed by atoms with Crippen LogP contribution in [0.15, 0.2) is 0 Å². The minimum atomic E-state index is -0.786. The van der Waals surface area contributed by atoms with Gasteiger partial charge in [-0.1, -0.05) is 19.8 Å². The van der Waals surface area contributed by atoms with Crippen molar-refractivity contribution < 1.29 is 14.7 Å². The van der Waals surface area contributed by atoms with Gasteiger partial charge < -0.3 is 10.4 Å². The van der Waals surface area contributed by atoms with Crippen LogP contribution in [0.25, 0.3) is 0 Å². The summed E-state index contributed by atoms with van der Waals surface area (Å²) >= 11 is 0. The van der Waals surface area contributed by atoms with Gasteiger partial charge in [-0.3, -0.25) is 9.59 Å². The average Bonchev–Trinajstić information content (AvgIpc) is 2.27. The topological polar surface area (TPSA) is 66.4 Å². The molecule has 0 aromatic rings. The summed E-state index contributed by atoms with van der Waals surface area (Å²) in [7, 11) is 0. The van der Waals surface area contributed by atoms with E-state index in [-0.39, 0.29) is 12.3 Å². The molecule has 2 atom stereocenters. The molecule has 4 heteroatoms. The molecule has 2 unspecified atom stereocenters. The molecule has 1 saturated carbocycles. The Morgan fingerprint density at radius 3 is 2.47 bits per heavy atom. The van der Waals surface area contributed by atoms with Gasteiger partial charge in [0.25, 0.3) is 0 Å². The van der Waals surface area contributed by atoms with Crippen molar-refractivity contribution in [2.24, 2.45) is 5.92 Å². The molecular formula is C13H23NO3. The van der Waals surface area contributed by atoms with Gasteiger partial charge in [0.2, 0.25) is 5.91 Å². The van der Waals surface area contributed by atoms with Gasteiger partial charge in [0.05, 0.1) is 0 Å². The first-order valence-electron chi connectivity index (χ1n) is 6.60. The summed E-state index contributed by atoms with van der Waals surface area (Å²) in [6.07, 6.45) is 6.62. The second-order valence-electron chi connectivity index (χ2n) is 5.04. The van der Waals surface area contributed by atoms with E-state index in [1.54, 1.807) is 0 Å². The maximum atomic E-state index is 11.6. The molecule has 0 aliphatic heterocycles. The quantitative estimate of drug-likeness (QED) is 0.701. The number of hydrogen-bond donors (Lipinski definition) is 2. The highest BCUT2D eigenvalue weighted by Crippen LogP contribution is 2.23. The van der Waals surface area contributed by atoms with Gasteiger partial charge in [-0.2, -0.15) is 0 Å². The first kappa shape index (κ1) is 14.0. The molecule has 1 fully saturated rings. The SMILES string of the molecule is CC1CCCCC1NC(=O)CCCCC(=O)O. The van der Waals surface area contributed by atoms with E-state index in [2.05, 4.69) is 12.2 Å². The number of nitrogens with one attached hydrogen (secondary N) is 1. The van der Waals surface area contributed by atoms with E-state index >= 15 is 0 Å². The smallest absolute Gasteiger partial charge is 0.303 e. The van der Waals surface area contributed by atoms with E-state index in [1.807, 2.05) is 0 Å². The Hall–Kier alpha value is -1.06. The standard InChI is InChI=1S/C13H23NO3/c1-10-6-2-3-7-11(10)14-12(15)8-4-5-9-13(16)17/h10-11H,2-9H2,1H3,(H,14,15)(H,16,17). The van der Waals surface area contributed by atoms with Crippen molar-refractivity contribution >= 4 is 11.9 Å². The summed E-state index contributed by atoms with van der Waals surface area (Å²) in [5.74, 6) is -0.132. The normalized spacial score (nSPS) is 24.3. The summed E-state index contributed by atoms with van der Waals surface area (Å²) in [5, 5.41) is 11.5. The number of aliphatic carboxylic acids is 1. The summed E-state index contributed by atoms with van der Waals surface area (Å²) in [5.41, 5.74) is 0. The molecule has 0 radical (unpaired) electrons. The van der Waals surface area contributed by atoms with E-state index < -0.39 is 5.97 Å². The van der Waals surface area contributed by atoms with Gasteiger partial charge in [0.15, 0.2) is 0 Å². The van der Waals surface area contributed by atoms with Crippen LogP contribution >= 0.6 is 0 Å². The predicted molar refractivity (Wildman–Crippen MR) is 65.7 cm³/mol. The molecule has 1 rings (SSSR count). The Morgan fingerprint density at radius 2 is 1.82 bits per heavy atom. The minimum Gasteiger partial charge on any atom is -0.481 e. The molecule has 98 valence electrons. The van der Waals surface area contributed by atoms with Gasteiger partial charge >= 0.3 is 5.97 Å². The molecule has 1 aliphatic rings. The molecule has 0 heterocycles. The second-order valence-corrected chi connectivity index (χ2v) is 5.04. The van der Waals surface area contributed by atoms with Gasteiger partial charge in [-0.25, -0.2) is 0 Å². The monoisotopic (exact) mass is 241 g/mol. The van der Waals surface area contributed by atoms with Crippen LogP contribution in [0.5, 0.6) is 0 Å². The van der Waals surface area contributed by atoms with Crippen molar-refractivity contribution in [1.82, 2.24) is 5.32 Å². The Morgan fingerprint density at radius 1 is 1.18 bits per heavy atom. The zero-order valence-electron chi connectivity index (χ0n) is 10.6. The molecule has 2 N–H and O–H groups in total. The first-order valence-corrected chi connectivity index (χ1v) is 6.60. The number of carbonyl (C=O) groups is 2. The summed E-state index contributed by atoms with van der Waals surface area (Å²) in [6, 6.07) is 0.329. The fourth-order valence-corrected chi connectivity index (χ4v) is 2.37. The number of carbonyl (C=O) groups excluding carboxylic acids is 1. The molecule has 0 saturated heterocycles. The third-order valence-electron chi connectivity index (χ3n) is 3.50. The van der Waals surface area contributed by atoms with Crippen molar-refractivity contribution in [3.05, 3.63) is 0 Å². The van der Waals surface area contributed by atoms with Crippen LogP contribution in [0.4, 0.5) is 0 Å². The number of carboxylic acid groups (broad SMARTS) is 1. The lowest BCUT2D eigenvalue weighted by atomic mass is 9.86. The second kappa shape index (κ2) is 7.30. The van der Waals surface area contributed by atoms with Crippen LogP contribution < -0.4 is 5.32 Å². The van der Waals surface area contributed by atoms with Crippen molar-refractivity contribution in [2.45, 2.75) is 64.3 Å².